The number of benzene rings is 1. The van der Waals surface area contributed by atoms with Gasteiger partial charge in [-0.3, -0.25) is 14.6 Å². The third-order valence-corrected chi connectivity index (χ3v) is 5.80. The zero-order valence-corrected chi connectivity index (χ0v) is 14.6. The van der Waals surface area contributed by atoms with Crippen molar-refractivity contribution in [1.29, 1.82) is 0 Å². The average Bonchev–Trinajstić information content (AvgIpc) is 2.66. The van der Waals surface area contributed by atoms with Crippen LogP contribution < -0.4 is 5.32 Å². The van der Waals surface area contributed by atoms with E-state index in [0.29, 0.717) is 45.3 Å². The number of hydrogen-bond donors (Lipinski definition) is 2. The largest absolute Gasteiger partial charge is 0.391 e. The van der Waals surface area contributed by atoms with Crippen molar-refractivity contribution in [2.24, 2.45) is 5.41 Å². The van der Waals surface area contributed by atoms with Gasteiger partial charge in [-0.05, 0) is 36.3 Å². The highest BCUT2D eigenvalue weighted by molar-refractivity contribution is 5.90. The summed E-state index contributed by atoms with van der Waals surface area (Å²) in [4.78, 5) is 31.1. The number of aliphatic hydroxyl groups excluding tert-OH is 1. The quantitative estimate of drug-likeness (QED) is 0.852. The number of amides is 2. The number of carbonyl (C=O) groups is 2. The normalized spacial score (nSPS) is 22.4. The van der Waals surface area contributed by atoms with Gasteiger partial charge in [0.2, 0.25) is 11.8 Å². The van der Waals surface area contributed by atoms with E-state index in [1.807, 2.05) is 29.2 Å². The molecule has 26 heavy (non-hydrogen) atoms. The highest BCUT2D eigenvalue weighted by atomic mass is 16.3. The maximum Gasteiger partial charge on any atom is 0.227 e. The molecule has 1 aromatic carbocycles. The summed E-state index contributed by atoms with van der Waals surface area (Å²) >= 11 is 0. The molecular formula is C20H23N3O3. The molecule has 0 radical (unpaired) electrons. The minimum absolute atomic E-state index is 0.0232. The van der Waals surface area contributed by atoms with Crippen LogP contribution in [0.1, 0.15) is 24.8 Å². The van der Waals surface area contributed by atoms with E-state index in [2.05, 4.69) is 10.3 Å². The number of carbonyl (C=O) groups excluding carboxylic acids is 2. The molecule has 2 N–H and O–H groups in total. The molecule has 2 saturated heterocycles. The molecule has 1 unspecified atom stereocenters. The molecule has 1 spiro atoms. The monoisotopic (exact) mass is 353 g/mol. The SMILES string of the molecule is O=C(Cc1cccc2ccncc12)N1CCC2(CC1)CC(O)CNC2=O. The molecular weight excluding hydrogens is 330 g/mol. The standard InChI is InChI=1S/C20H23N3O3/c24-16-11-20(19(26)22-12-16)5-8-23(9-6-20)18(25)10-15-3-1-2-14-4-7-21-13-17(14)15/h1-4,7,13,16,24H,5-6,8-12H2,(H,22,26). The maximum atomic E-state index is 12.8. The molecule has 6 heteroatoms. The van der Waals surface area contributed by atoms with Crippen molar-refractivity contribution >= 4 is 22.6 Å². The molecule has 0 bridgehead atoms. The zero-order chi connectivity index (χ0) is 18.1. The second kappa shape index (κ2) is 6.68. The summed E-state index contributed by atoms with van der Waals surface area (Å²) in [5, 5.41) is 14.8. The summed E-state index contributed by atoms with van der Waals surface area (Å²) in [7, 11) is 0. The van der Waals surface area contributed by atoms with Crippen molar-refractivity contribution in [1.82, 2.24) is 15.2 Å². The van der Waals surface area contributed by atoms with Gasteiger partial charge in [0.15, 0.2) is 0 Å². The van der Waals surface area contributed by atoms with Crippen LogP contribution in [0.2, 0.25) is 0 Å². The number of piperidine rings is 2. The third-order valence-electron chi connectivity index (χ3n) is 5.80. The number of hydrogen-bond acceptors (Lipinski definition) is 4. The number of aliphatic hydroxyl groups is 1. The second-order valence-electron chi connectivity index (χ2n) is 7.42. The van der Waals surface area contributed by atoms with Crippen molar-refractivity contribution in [2.45, 2.75) is 31.8 Å². The number of nitrogens with zero attached hydrogens (tertiary/aromatic N) is 2. The van der Waals surface area contributed by atoms with Gasteiger partial charge in [-0.1, -0.05) is 18.2 Å². The summed E-state index contributed by atoms with van der Waals surface area (Å²) in [5.74, 6) is 0.1000. The number of rotatable bonds is 2. The van der Waals surface area contributed by atoms with Crippen LogP contribution in [-0.2, 0) is 16.0 Å². The summed E-state index contributed by atoms with van der Waals surface area (Å²) in [5.41, 5.74) is 0.462. The summed E-state index contributed by atoms with van der Waals surface area (Å²) in [6.45, 7) is 1.45. The van der Waals surface area contributed by atoms with Crippen molar-refractivity contribution in [3.8, 4) is 0 Å². The van der Waals surface area contributed by atoms with Crippen LogP contribution in [0.5, 0.6) is 0 Å². The second-order valence-corrected chi connectivity index (χ2v) is 7.42. The Kier molecular flexibility index (Phi) is 4.36. The summed E-state index contributed by atoms with van der Waals surface area (Å²) in [6, 6.07) is 7.89. The Balaban J connectivity index is 1.45. The molecule has 2 amide bonds. The number of β-amino-alcohol motifs (C(OH)–C–C–N with tert-alkyl or cyclic N) is 1. The number of fused-ring (bicyclic) bond motifs is 1. The van der Waals surface area contributed by atoms with Gasteiger partial charge in [0.25, 0.3) is 0 Å². The summed E-state index contributed by atoms with van der Waals surface area (Å²) in [6.07, 6.45) is 5.12. The van der Waals surface area contributed by atoms with Gasteiger partial charge in [0.1, 0.15) is 0 Å². The number of aromatic nitrogens is 1. The Hall–Kier alpha value is -2.47. The van der Waals surface area contributed by atoms with Crippen LogP contribution in [0.15, 0.2) is 36.7 Å². The molecule has 2 fully saturated rings. The number of likely N-dealkylation sites (tertiary alicyclic amines) is 1. The van der Waals surface area contributed by atoms with Gasteiger partial charge in [0.05, 0.1) is 17.9 Å². The first kappa shape index (κ1) is 17.0. The highest BCUT2D eigenvalue weighted by Crippen LogP contribution is 2.38. The van der Waals surface area contributed by atoms with Gasteiger partial charge in [-0.2, -0.15) is 0 Å². The zero-order valence-electron chi connectivity index (χ0n) is 14.6. The fourth-order valence-corrected chi connectivity index (χ4v) is 4.23. The third kappa shape index (κ3) is 3.05. The molecule has 6 nitrogen and oxygen atoms in total. The Morgan fingerprint density at radius 2 is 2.12 bits per heavy atom. The fourth-order valence-electron chi connectivity index (χ4n) is 4.23. The summed E-state index contributed by atoms with van der Waals surface area (Å²) < 4.78 is 0. The van der Waals surface area contributed by atoms with Gasteiger partial charge in [-0.15, -0.1) is 0 Å². The lowest BCUT2D eigenvalue weighted by atomic mass is 9.71. The first-order valence-electron chi connectivity index (χ1n) is 9.13. The van der Waals surface area contributed by atoms with E-state index in [0.717, 1.165) is 16.3 Å². The Labute approximate surface area is 152 Å². The van der Waals surface area contributed by atoms with Crippen molar-refractivity contribution in [3.05, 3.63) is 42.2 Å². The highest BCUT2D eigenvalue weighted by Gasteiger charge is 2.45. The molecule has 0 saturated carbocycles. The van der Waals surface area contributed by atoms with Crippen LogP contribution in [0.25, 0.3) is 10.8 Å². The van der Waals surface area contributed by atoms with E-state index in [-0.39, 0.29) is 11.8 Å². The molecule has 1 aromatic heterocycles. The van der Waals surface area contributed by atoms with Crippen molar-refractivity contribution in [3.63, 3.8) is 0 Å². The first-order valence-corrected chi connectivity index (χ1v) is 9.13. The van der Waals surface area contributed by atoms with E-state index in [1.165, 1.54) is 0 Å². The fraction of sp³-hybridized carbons (Fsp3) is 0.450. The lowest BCUT2D eigenvalue weighted by Gasteiger charge is -2.44. The molecule has 4 rings (SSSR count). The molecule has 0 aliphatic carbocycles. The minimum Gasteiger partial charge on any atom is -0.391 e. The first-order chi connectivity index (χ1) is 12.6. The molecule has 2 aliphatic rings. The lowest BCUT2D eigenvalue weighted by Crippen LogP contribution is -2.56. The number of pyridine rings is 1. The smallest absolute Gasteiger partial charge is 0.227 e. The van der Waals surface area contributed by atoms with Gasteiger partial charge in [-0.25, -0.2) is 0 Å². The van der Waals surface area contributed by atoms with Gasteiger partial charge < -0.3 is 15.3 Å². The van der Waals surface area contributed by atoms with E-state index < -0.39 is 11.5 Å². The van der Waals surface area contributed by atoms with Crippen LogP contribution in [0, 0.1) is 5.41 Å². The Morgan fingerprint density at radius 3 is 2.92 bits per heavy atom. The maximum absolute atomic E-state index is 12.8. The molecule has 136 valence electrons. The van der Waals surface area contributed by atoms with Crippen LogP contribution in [0.3, 0.4) is 0 Å². The van der Waals surface area contributed by atoms with Crippen LogP contribution in [0.4, 0.5) is 0 Å². The Morgan fingerprint density at radius 1 is 1.31 bits per heavy atom. The van der Waals surface area contributed by atoms with Crippen molar-refractivity contribution < 1.29 is 14.7 Å². The van der Waals surface area contributed by atoms with Crippen LogP contribution in [-0.4, -0.2) is 52.5 Å². The van der Waals surface area contributed by atoms with Crippen molar-refractivity contribution in [2.75, 3.05) is 19.6 Å². The Bertz CT molecular complexity index is 838. The molecule has 2 aromatic rings. The van der Waals surface area contributed by atoms with E-state index in [9.17, 15) is 14.7 Å². The predicted octanol–water partition coefficient (Wildman–Crippen LogP) is 1.27. The van der Waals surface area contributed by atoms with Crippen LogP contribution >= 0.6 is 0 Å². The lowest BCUT2D eigenvalue weighted by molar-refractivity contribution is -0.145. The minimum atomic E-state index is -0.516. The predicted molar refractivity (Wildman–Crippen MR) is 97.3 cm³/mol. The van der Waals surface area contributed by atoms with Gasteiger partial charge in [0, 0.05) is 37.4 Å². The topological polar surface area (TPSA) is 82.5 Å². The number of nitrogens with one attached hydrogen (secondary N) is 1. The average molecular weight is 353 g/mol. The molecule has 1 atom stereocenters. The van der Waals surface area contributed by atoms with E-state index in [4.69, 9.17) is 0 Å². The molecule has 3 heterocycles. The van der Waals surface area contributed by atoms with Gasteiger partial charge >= 0.3 is 0 Å². The van der Waals surface area contributed by atoms with E-state index in [1.54, 1.807) is 12.4 Å². The molecule has 2 aliphatic heterocycles. The van der Waals surface area contributed by atoms with E-state index >= 15 is 0 Å².